The number of piperidine rings is 1. The first-order valence-electron chi connectivity index (χ1n) is 10.6. The molecule has 1 unspecified atom stereocenters. The van der Waals surface area contributed by atoms with Crippen LogP contribution in [0.1, 0.15) is 44.1 Å². The molecule has 29 heavy (non-hydrogen) atoms. The number of carbonyl (C=O) groups is 1. The lowest BCUT2D eigenvalue weighted by Gasteiger charge is -2.56. The van der Waals surface area contributed by atoms with Gasteiger partial charge >= 0.3 is 5.97 Å². The molecule has 4 rings (SSSR count). The van der Waals surface area contributed by atoms with Gasteiger partial charge in [-0.2, -0.15) is 4.31 Å². The lowest BCUT2D eigenvalue weighted by Crippen LogP contribution is -2.73. The molecule has 0 spiro atoms. The Morgan fingerprint density at radius 3 is 2.45 bits per heavy atom. The van der Waals surface area contributed by atoms with Crippen LogP contribution in [0.25, 0.3) is 0 Å². The third-order valence-electron chi connectivity index (χ3n) is 6.81. The van der Waals surface area contributed by atoms with E-state index in [0.29, 0.717) is 31.1 Å². The molecule has 1 aliphatic carbocycles. The average Bonchev–Trinajstić information content (AvgIpc) is 3.44. The van der Waals surface area contributed by atoms with Crippen LogP contribution in [0.15, 0.2) is 30.3 Å². The van der Waals surface area contributed by atoms with E-state index in [9.17, 15) is 18.3 Å². The Morgan fingerprint density at radius 1 is 1.21 bits per heavy atom. The summed E-state index contributed by atoms with van der Waals surface area (Å²) in [6.45, 7) is 3.85. The minimum atomic E-state index is -3.26. The molecule has 0 bridgehead atoms. The van der Waals surface area contributed by atoms with Gasteiger partial charge in [-0.15, -0.1) is 0 Å². The fraction of sp³-hybridized carbons (Fsp3) is 0.667. The van der Waals surface area contributed by atoms with Crippen molar-refractivity contribution < 1.29 is 18.3 Å². The monoisotopic (exact) mass is 421 g/mol. The molecule has 3 fully saturated rings. The summed E-state index contributed by atoms with van der Waals surface area (Å²) in [7, 11) is -3.26. The number of sulfonamides is 1. The van der Waals surface area contributed by atoms with E-state index in [1.54, 1.807) is 6.92 Å². The number of nitrogens with one attached hydrogen (secondary N) is 1. The fourth-order valence-electron chi connectivity index (χ4n) is 4.97. The van der Waals surface area contributed by atoms with Gasteiger partial charge in [0.15, 0.2) is 0 Å². The summed E-state index contributed by atoms with van der Waals surface area (Å²) in [5.74, 6) is -0.193. The topological polar surface area (TPSA) is 90.0 Å². The molecule has 1 aromatic rings. The predicted octanol–water partition coefficient (Wildman–Crippen LogP) is 1.48. The molecule has 2 atom stereocenters. The first-order chi connectivity index (χ1) is 13.8. The van der Waals surface area contributed by atoms with E-state index in [-0.39, 0.29) is 12.2 Å². The highest BCUT2D eigenvalue weighted by atomic mass is 32.2. The number of hydrogen-bond acceptors (Lipinski definition) is 5. The van der Waals surface area contributed by atoms with E-state index in [0.717, 1.165) is 25.9 Å². The Labute approximate surface area is 173 Å². The van der Waals surface area contributed by atoms with Crippen LogP contribution in [0, 0.1) is 0 Å². The van der Waals surface area contributed by atoms with Gasteiger partial charge < -0.3 is 10.4 Å². The normalized spacial score (nSPS) is 28.0. The van der Waals surface area contributed by atoms with Crippen LogP contribution < -0.4 is 5.32 Å². The second-order valence-corrected chi connectivity index (χ2v) is 11.0. The van der Waals surface area contributed by atoms with Crippen molar-refractivity contribution in [2.75, 3.05) is 31.9 Å². The van der Waals surface area contributed by atoms with Crippen molar-refractivity contribution in [2.24, 2.45) is 0 Å². The van der Waals surface area contributed by atoms with Crippen molar-refractivity contribution in [3.05, 3.63) is 35.9 Å². The van der Waals surface area contributed by atoms with Gasteiger partial charge in [0.25, 0.3) is 0 Å². The molecule has 1 saturated carbocycles. The van der Waals surface area contributed by atoms with Crippen molar-refractivity contribution in [1.29, 1.82) is 0 Å². The van der Waals surface area contributed by atoms with E-state index in [1.165, 1.54) is 16.3 Å². The van der Waals surface area contributed by atoms with Gasteiger partial charge in [0.1, 0.15) is 0 Å². The average molecular weight is 422 g/mol. The number of aliphatic carboxylic acids is 1. The molecule has 2 N–H and O–H groups in total. The third kappa shape index (κ3) is 4.35. The molecule has 1 aromatic carbocycles. The second kappa shape index (κ2) is 7.98. The van der Waals surface area contributed by atoms with Crippen molar-refractivity contribution in [3.63, 3.8) is 0 Å². The molecule has 8 heteroatoms. The summed E-state index contributed by atoms with van der Waals surface area (Å²) in [5, 5.41) is 13.2. The number of rotatable bonds is 8. The summed E-state index contributed by atoms with van der Waals surface area (Å²) in [4.78, 5) is 13.7. The standard InChI is InChI=1S/C21H31N3O4S/c1-2-29(27,28)24-14-21(15-24,13-20(25)26)23-10-8-17(9-11-23)22-19-12-18(19)16-6-4-3-5-7-16/h3-7,17-19,22H,2,8-15H2,1H3,(H,25,26)/t18-,19?/m0/s1. The maximum atomic E-state index is 12.1. The van der Waals surface area contributed by atoms with Gasteiger partial charge in [-0.25, -0.2) is 8.42 Å². The highest BCUT2D eigenvalue weighted by Gasteiger charge is 2.53. The smallest absolute Gasteiger partial charge is 0.305 e. The molecular weight excluding hydrogens is 390 g/mol. The quantitative estimate of drug-likeness (QED) is 0.661. The van der Waals surface area contributed by atoms with E-state index in [1.807, 2.05) is 6.07 Å². The fourth-order valence-corrected chi connectivity index (χ4v) is 6.20. The zero-order chi connectivity index (χ0) is 20.6. The van der Waals surface area contributed by atoms with Crippen molar-refractivity contribution in [2.45, 2.75) is 56.1 Å². The van der Waals surface area contributed by atoms with Gasteiger partial charge in [-0.1, -0.05) is 30.3 Å². The number of benzene rings is 1. The maximum absolute atomic E-state index is 12.1. The molecule has 2 heterocycles. The largest absolute Gasteiger partial charge is 0.481 e. The lowest BCUT2D eigenvalue weighted by molar-refractivity contribution is -0.144. The Kier molecular flexibility index (Phi) is 5.72. The van der Waals surface area contributed by atoms with Crippen LogP contribution in [0.5, 0.6) is 0 Å². The molecule has 160 valence electrons. The summed E-state index contributed by atoms with van der Waals surface area (Å²) < 4.78 is 25.7. The van der Waals surface area contributed by atoms with Crippen LogP contribution in [-0.4, -0.2) is 78.3 Å². The molecule has 3 aliphatic rings. The van der Waals surface area contributed by atoms with Crippen molar-refractivity contribution in [3.8, 4) is 0 Å². The van der Waals surface area contributed by atoms with Gasteiger partial charge in [-0.3, -0.25) is 9.69 Å². The first kappa shape index (κ1) is 20.8. The zero-order valence-electron chi connectivity index (χ0n) is 17.0. The van der Waals surface area contributed by atoms with Gasteiger partial charge in [0.2, 0.25) is 10.0 Å². The zero-order valence-corrected chi connectivity index (χ0v) is 17.8. The maximum Gasteiger partial charge on any atom is 0.305 e. The third-order valence-corrected chi connectivity index (χ3v) is 8.59. The summed E-state index contributed by atoms with van der Waals surface area (Å²) in [5.41, 5.74) is 0.847. The minimum Gasteiger partial charge on any atom is -0.481 e. The first-order valence-corrected chi connectivity index (χ1v) is 12.2. The van der Waals surface area contributed by atoms with Crippen molar-refractivity contribution in [1.82, 2.24) is 14.5 Å². The van der Waals surface area contributed by atoms with E-state index >= 15 is 0 Å². The molecule has 0 amide bonds. The Morgan fingerprint density at radius 2 is 1.86 bits per heavy atom. The Hall–Kier alpha value is -1.48. The summed E-state index contributed by atoms with van der Waals surface area (Å²) in [6, 6.07) is 11.6. The molecule has 7 nitrogen and oxygen atoms in total. The molecule has 0 aromatic heterocycles. The number of carboxylic acids is 1. The predicted molar refractivity (Wildman–Crippen MR) is 111 cm³/mol. The minimum absolute atomic E-state index is 0.000461. The molecule has 2 aliphatic heterocycles. The van der Waals surface area contributed by atoms with E-state index in [4.69, 9.17) is 0 Å². The number of nitrogens with zero attached hydrogens (tertiary/aromatic N) is 2. The van der Waals surface area contributed by atoms with Crippen LogP contribution >= 0.6 is 0 Å². The SMILES string of the molecule is CCS(=O)(=O)N1CC(CC(=O)O)(N2CCC(NC3C[C@H]3c3ccccc3)CC2)C1. The Bertz CT molecular complexity index is 831. The van der Waals surface area contributed by atoms with Gasteiger partial charge in [0, 0.05) is 44.2 Å². The summed E-state index contributed by atoms with van der Waals surface area (Å²) in [6.07, 6.45) is 3.12. The van der Waals surface area contributed by atoms with E-state index < -0.39 is 21.5 Å². The lowest BCUT2D eigenvalue weighted by atomic mass is 9.84. The van der Waals surface area contributed by atoms with Gasteiger partial charge in [-0.05, 0) is 31.7 Å². The van der Waals surface area contributed by atoms with Crippen LogP contribution in [0.2, 0.25) is 0 Å². The molecule has 0 radical (unpaired) electrons. The van der Waals surface area contributed by atoms with Crippen LogP contribution in [0.3, 0.4) is 0 Å². The highest BCUT2D eigenvalue weighted by molar-refractivity contribution is 7.89. The number of hydrogen-bond donors (Lipinski definition) is 2. The van der Waals surface area contributed by atoms with Crippen LogP contribution in [0.4, 0.5) is 0 Å². The molecule has 2 saturated heterocycles. The number of carboxylic acid groups (broad SMARTS) is 1. The van der Waals surface area contributed by atoms with Crippen molar-refractivity contribution >= 4 is 16.0 Å². The second-order valence-electron chi connectivity index (χ2n) is 8.75. The highest BCUT2D eigenvalue weighted by Crippen LogP contribution is 2.42. The van der Waals surface area contributed by atoms with Gasteiger partial charge in [0.05, 0.1) is 17.7 Å². The van der Waals surface area contributed by atoms with E-state index in [2.05, 4.69) is 34.5 Å². The number of likely N-dealkylation sites (tertiary alicyclic amines) is 1. The molecular formula is C21H31N3O4S. The van der Waals surface area contributed by atoms with Crippen LogP contribution in [-0.2, 0) is 14.8 Å². The summed E-state index contributed by atoms with van der Waals surface area (Å²) >= 11 is 0. The Balaban J connectivity index is 1.30.